The molecular weight excluding hydrogens is 194 g/mol. The van der Waals surface area contributed by atoms with Gasteiger partial charge in [0, 0.05) is 12.8 Å². The molecule has 1 unspecified atom stereocenters. The van der Waals surface area contributed by atoms with Crippen molar-refractivity contribution in [2.45, 2.75) is 25.8 Å². The first kappa shape index (κ1) is 9.92. The third-order valence-electron chi connectivity index (χ3n) is 2.04. The zero-order chi connectivity index (χ0) is 10.7. The molecule has 0 amide bonds. The lowest BCUT2D eigenvalue weighted by atomic mass is 10.2. The Hall–Kier alpha value is -1.62. The number of aromatic nitrogens is 2. The molecule has 0 aliphatic heterocycles. The lowest BCUT2D eigenvalue weighted by molar-refractivity contribution is 0.418. The Bertz CT molecular complexity index is 406. The van der Waals surface area contributed by atoms with E-state index in [9.17, 15) is 0 Å². The molecule has 2 heterocycles. The average Bonchev–Trinajstić information content (AvgIpc) is 2.86. The molecule has 0 aliphatic rings. The number of nitrogens with zero attached hydrogens (tertiary/aromatic N) is 2. The van der Waals surface area contributed by atoms with Crippen LogP contribution in [0.15, 0.2) is 27.2 Å². The summed E-state index contributed by atoms with van der Waals surface area (Å²) in [4.78, 5) is 0. The molecule has 5 nitrogen and oxygen atoms in total. The summed E-state index contributed by atoms with van der Waals surface area (Å²) in [5.41, 5.74) is 5.60. The van der Waals surface area contributed by atoms with Crippen LogP contribution < -0.4 is 5.73 Å². The Morgan fingerprint density at radius 3 is 2.87 bits per heavy atom. The van der Waals surface area contributed by atoms with Crippen LogP contribution in [0.4, 0.5) is 0 Å². The van der Waals surface area contributed by atoms with E-state index in [1.54, 1.807) is 6.26 Å². The van der Waals surface area contributed by atoms with Gasteiger partial charge in [0.25, 0.3) is 0 Å². The number of hydrogen-bond acceptors (Lipinski definition) is 5. The van der Waals surface area contributed by atoms with Crippen molar-refractivity contribution in [3.8, 4) is 0 Å². The van der Waals surface area contributed by atoms with E-state index in [1.807, 2.05) is 19.1 Å². The summed E-state index contributed by atoms with van der Waals surface area (Å²) >= 11 is 0. The van der Waals surface area contributed by atoms with Crippen LogP contribution in [-0.2, 0) is 12.8 Å². The summed E-state index contributed by atoms with van der Waals surface area (Å²) < 4.78 is 10.5. The highest BCUT2D eigenvalue weighted by atomic mass is 16.4. The van der Waals surface area contributed by atoms with Crippen molar-refractivity contribution in [3.63, 3.8) is 0 Å². The number of rotatable bonds is 4. The second kappa shape index (κ2) is 4.27. The Morgan fingerprint density at radius 1 is 1.40 bits per heavy atom. The fraction of sp³-hybridized carbons (Fsp3) is 0.400. The number of nitrogens with two attached hydrogens (primary N) is 1. The first-order valence-electron chi connectivity index (χ1n) is 4.86. The molecule has 80 valence electrons. The third-order valence-corrected chi connectivity index (χ3v) is 2.04. The first-order chi connectivity index (χ1) is 7.25. The van der Waals surface area contributed by atoms with Crippen LogP contribution in [0.25, 0.3) is 0 Å². The quantitative estimate of drug-likeness (QED) is 0.821. The van der Waals surface area contributed by atoms with Gasteiger partial charge in [0.2, 0.25) is 11.8 Å². The molecule has 2 aromatic heterocycles. The number of hydrogen-bond donors (Lipinski definition) is 1. The van der Waals surface area contributed by atoms with Crippen molar-refractivity contribution >= 4 is 0 Å². The molecular formula is C10H13N3O2. The molecule has 2 N–H and O–H groups in total. The van der Waals surface area contributed by atoms with E-state index in [0.717, 1.165) is 12.2 Å². The van der Waals surface area contributed by atoms with E-state index in [2.05, 4.69) is 10.2 Å². The van der Waals surface area contributed by atoms with E-state index in [-0.39, 0.29) is 6.04 Å². The van der Waals surface area contributed by atoms with Crippen molar-refractivity contribution in [3.05, 3.63) is 35.9 Å². The lowest BCUT2D eigenvalue weighted by Gasteiger charge is -1.95. The summed E-state index contributed by atoms with van der Waals surface area (Å²) in [6.07, 6.45) is 3.08. The molecule has 0 aliphatic carbocycles. The standard InChI is InChI=1S/C10H13N3O2/c1-7(11)10-13-12-9(15-10)5-4-8-3-2-6-14-8/h2-3,6-7H,4-5,11H2,1H3. The third kappa shape index (κ3) is 2.44. The minimum absolute atomic E-state index is 0.213. The SMILES string of the molecule is CC(N)c1nnc(CCc2ccco2)o1. The van der Waals surface area contributed by atoms with Gasteiger partial charge in [-0.05, 0) is 19.1 Å². The molecule has 2 aromatic rings. The minimum Gasteiger partial charge on any atom is -0.469 e. The van der Waals surface area contributed by atoms with Gasteiger partial charge >= 0.3 is 0 Å². The van der Waals surface area contributed by atoms with Crippen molar-refractivity contribution < 1.29 is 8.83 Å². The van der Waals surface area contributed by atoms with Gasteiger partial charge in [-0.1, -0.05) is 0 Å². The number of furan rings is 1. The van der Waals surface area contributed by atoms with Gasteiger partial charge in [-0.25, -0.2) is 0 Å². The second-order valence-electron chi connectivity index (χ2n) is 3.40. The van der Waals surface area contributed by atoms with E-state index in [4.69, 9.17) is 14.6 Å². The summed E-state index contributed by atoms with van der Waals surface area (Å²) in [5, 5.41) is 7.74. The molecule has 2 rings (SSSR count). The van der Waals surface area contributed by atoms with Crippen LogP contribution in [0.1, 0.15) is 30.5 Å². The van der Waals surface area contributed by atoms with Gasteiger partial charge in [0.15, 0.2) is 0 Å². The topological polar surface area (TPSA) is 78.1 Å². The van der Waals surface area contributed by atoms with Crippen LogP contribution in [0, 0.1) is 0 Å². The molecule has 0 saturated carbocycles. The largest absolute Gasteiger partial charge is 0.469 e. The minimum atomic E-state index is -0.213. The summed E-state index contributed by atoms with van der Waals surface area (Å²) in [5.74, 6) is 1.98. The first-order valence-corrected chi connectivity index (χ1v) is 4.86. The van der Waals surface area contributed by atoms with Crippen LogP contribution in [0.2, 0.25) is 0 Å². The maximum Gasteiger partial charge on any atom is 0.232 e. The van der Waals surface area contributed by atoms with E-state index >= 15 is 0 Å². The average molecular weight is 207 g/mol. The van der Waals surface area contributed by atoms with Gasteiger partial charge in [-0.2, -0.15) is 0 Å². The molecule has 0 fully saturated rings. The zero-order valence-corrected chi connectivity index (χ0v) is 8.51. The molecule has 15 heavy (non-hydrogen) atoms. The lowest BCUT2D eigenvalue weighted by Crippen LogP contribution is -2.04. The zero-order valence-electron chi connectivity index (χ0n) is 8.51. The van der Waals surface area contributed by atoms with Crippen LogP contribution in [-0.4, -0.2) is 10.2 Å². The monoisotopic (exact) mass is 207 g/mol. The Morgan fingerprint density at radius 2 is 2.27 bits per heavy atom. The highest BCUT2D eigenvalue weighted by Gasteiger charge is 2.09. The predicted octanol–water partition coefficient (Wildman–Crippen LogP) is 1.47. The van der Waals surface area contributed by atoms with Crippen molar-refractivity contribution in [1.29, 1.82) is 0 Å². The highest BCUT2D eigenvalue weighted by Crippen LogP contribution is 2.10. The van der Waals surface area contributed by atoms with Gasteiger partial charge in [0.05, 0.1) is 12.3 Å². The van der Waals surface area contributed by atoms with Crippen LogP contribution >= 0.6 is 0 Å². The molecule has 0 spiro atoms. The number of aryl methyl sites for hydroxylation is 2. The summed E-state index contributed by atoms with van der Waals surface area (Å²) in [7, 11) is 0. The van der Waals surface area contributed by atoms with Gasteiger partial charge in [0.1, 0.15) is 5.76 Å². The molecule has 0 radical (unpaired) electrons. The van der Waals surface area contributed by atoms with Crippen molar-refractivity contribution in [1.82, 2.24) is 10.2 Å². The molecule has 0 bridgehead atoms. The van der Waals surface area contributed by atoms with E-state index < -0.39 is 0 Å². The summed E-state index contributed by atoms with van der Waals surface area (Å²) in [6.45, 7) is 1.81. The molecule has 5 heteroatoms. The Kier molecular flexibility index (Phi) is 2.82. The normalized spacial score (nSPS) is 12.9. The molecule has 0 saturated heterocycles. The van der Waals surface area contributed by atoms with Crippen molar-refractivity contribution in [2.75, 3.05) is 0 Å². The Labute approximate surface area is 87.3 Å². The second-order valence-corrected chi connectivity index (χ2v) is 3.40. The maximum absolute atomic E-state index is 5.60. The van der Waals surface area contributed by atoms with Crippen molar-refractivity contribution in [2.24, 2.45) is 5.73 Å². The fourth-order valence-corrected chi connectivity index (χ4v) is 1.24. The van der Waals surface area contributed by atoms with E-state index in [0.29, 0.717) is 18.2 Å². The maximum atomic E-state index is 5.60. The van der Waals surface area contributed by atoms with Gasteiger partial charge in [-0.3, -0.25) is 0 Å². The molecule has 0 aromatic carbocycles. The van der Waals surface area contributed by atoms with Crippen LogP contribution in [0.5, 0.6) is 0 Å². The smallest absolute Gasteiger partial charge is 0.232 e. The van der Waals surface area contributed by atoms with E-state index in [1.165, 1.54) is 0 Å². The predicted molar refractivity (Wildman–Crippen MR) is 53.0 cm³/mol. The van der Waals surface area contributed by atoms with Crippen LogP contribution in [0.3, 0.4) is 0 Å². The Balaban J connectivity index is 1.94. The fourth-order valence-electron chi connectivity index (χ4n) is 1.24. The molecule has 1 atom stereocenters. The van der Waals surface area contributed by atoms with Gasteiger partial charge < -0.3 is 14.6 Å². The summed E-state index contributed by atoms with van der Waals surface area (Å²) in [6, 6.07) is 3.56. The van der Waals surface area contributed by atoms with Gasteiger partial charge in [-0.15, -0.1) is 10.2 Å². The highest BCUT2D eigenvalue weighted by molar-refractivity contribution is 5.00.